The van der Waals surface area contributed by atoms with E-state index in [1.54, 1.807) is 118 Å². The monoisotopic (exact) mass is 1650 g/mol. The molecule has 0 radical (unpaired) electrons. The fraction of sp³-hybridized carbons (Fsp3) is 0.726. The third-order valence-corrected chi connectivity index (χ3v) is 20.8. The van der Waals surface area contributed by atoms with E-state index < -0.39 is 195 Å². The smallest absolute Gasteiger partial charge is 0.268 e. The van der Waals surface area contributed by atoms with Crippen LogP contribution >= 0.6 is 0 Å². The summed E-state index contributed by atoms with van der Waals surface area (Å²) in [6.45, 7) is 49.3. The second kappa shape index (κ2) is 47.6. The molecule has 0 aromatic rings. The third-order valence-electron chi connectivity index (χ3n) is 20.8. The van der Waals surface area contributed by atoms with Gasteiger partial charge >= 0.3 is 0 Å². The molecule has 0 heterocycles. The summed E-state index contributed by atoms with van der Waals surface area (Å²) in [5, 5.41) is 71.1. The standard InChI is InChI=1S/C84H147N15O18/c1-34-47(18)59(73(107)85-52(23)67(101)88-56(44(12)13)70(104)90-57(45(14)15)71(105)89-55(43(10)11)69(103)87-54(42(8)9)40-99(32)33)94-77(111)63(82(27,28)115)97-78(112)64(83(29,30)116)96-76(110)62(50(21)37-4)93-72(106)58(46(16)17)91-75(109)61(49(20)36-3)92-68(102)53(24)86-74(108)60(48(19)35-2)95-79(113)65(84(31,117)38-5)98-80(114)81(25,26)66(100)51(22)39-41(6)7/h41-42,44-46,50-54,56-58,62-65,115-117H,34-40H2,1-33H3,(H,85,107)(H,86,108)(H,87,103)(H,88,101)(H,89,105)(H,90,104)(H,91,109)(H,92,102)(H,93,106)(H,94,111)(H,95,113)(H,96,110)(H,97,112)(H,98,114)/b59-47-,60-48-,61-49+/t50-,51-,52+,53-,54+,56+,57-,58+,62+,63+,64-,65+,84+/m0/s1. The van der Waals surface area contributed by atoms with Crippen LogP contribution in [0.4, 0.5) is 0 Å². The Labute approximate surface area is 695 Å². The molecule has 0 aliphatic heterocycles. The lowest BCUT2D eigenvalue weighted by Crippen LogP contribution is -2.66. The Balaban J connectivity index is 6.94. The largest absolute Gasteiger partial charge is 0.388 e. The topological polar surface area (TPSA) is 488 Å². The van der Waals surface area contributed by atoms with Crippen LogP contribution in [0, 0.1) is 46.8 Å². The van der Waals surface area contributed by atoms with E-state index in [2.05, 4.69) is 74.4 Å². The first-order valence-corrected chi connectivity index (χ1v) is 40.9. The average Bonchev–Trinajstić information content (AvgIpc) is 0.805. The zero-order chi connectivity index (χ0) is 91.5. The maximum atomic E-state index is 14.6. The minimum absolute atomic E-state index is 0.0135. The Morgan fingerprint density at radius 2 is 0.701 bits per heavy atom. The Bertz CT molecular complexity index is 3660. The molecule has 0 rings (SSSR count). The summed E-state index contributed by atoms with van der Waals surface area (Å²) in [6, 6.07) is -14.0. The molecule has 33 heteroatoms. The zero-order valence-corrected chi connectivity index (χ0v) is 76.2. The van der Waals surface area contributed by atoms with Crippen LogP contribution in [0.1, 0.15) is 253 Å². The van der Waals surface area contributed by atoms with Crippen molar-refractivity contribution in [3.05, 3.63) is 45.1 Å². The first-order chi connectivity index (χ1) is 53.5. The molecule has 17 N–H and O–H groups in total. The number of carbonyl (C=O) groups is 15. The SMILES string of the molecule is CC/C(C)=C(\NC(=O)[C@@H](NC(=O)[C@H](NC(=O)[C@H](NC(=O)[C@H](NC(=O)/C(NC(=O)[C@H](C)NC(=O)/C(NC(=O)[C@@H](NC(=O)C(C)(C)C(=O)[C@@H](C)CC(C)C)[C@](C)(O)CC)=C(\C)CC)=C(/C)CC)C(C)C)[C@@H](C)CC)C(C)(C)O)C(C)(C)O)C(=O)N[C@H](C)C(=O)N[C@@H](C(=O)N[C@H](C(=O)NC(C(=O)N[C@H](CN(C)C)C(C)C)=C(C)C)C(C)C)C(C)C. The van der Waals surface area contributed by atoms with Gasteiger partial charge in [0.2, 0.25) is 59.1 Å². The summed E-state index contributed by atoms with van der Waals surface area (Å²) in [7, 11) is 3.75. The van der Waals surface area contributed by atoms with Crippen molar-refractivity contribution in [1.82, 2.24) is 79.3 Å². The van der Waals surface area contributed by atoms with E-state index in [1.807, 2.05) is 46.7 Å². The molecule has 0 aromatic heterocycles. The molecule has 666 valence electrons. The number of allylic oxidation sites excluding steroid dienone is 4. The van der Waals surface area contributed by atoms with Gasteiger partial charge in [-0.3, -0.25) is 71.9 Å². The van der Waals surface area contributed by atoms with Crippen LogP contribution in [0.2, 0.25) is 0 Å². The van der Waals surface area contributed by atoms with Crippen LogP contribution in [-0.2, 0) is 71.9 Å². The van der Waals surface area contributed by atoms with Crippen molar-refractivity contribution in [3.8, 4) is 0 Å². The second-order valence-electron chi connectivity index (χ2n) is 35.2. The maximum absolute atomic E-state index is 14.6. The Morgan fingerprint density at radius 1 is 0.359 bits per heavy atom. The number of nitrogens with zero attached hydrogens (tertiary/aromatic N) is 1. The quantitative estimate of drug-likeness (QED) is 0.0303. The van der Waals surface area contributed by atoms with Crippen molar-refractivity contribution >= 4 is 88.5 Å². The van der Waals surface area contributed by atoms with E-state index in [1.165, 1.54) is 69.2 Å². The summed E-state index contributed by atoms with van der Waals surface area (Å²) in [5.74, 6) is -15.9. The molecule has 0 saturated heterocycles. The van der Waals surface area contributed by atoms with Gasteiger partial charge in [-0.2, -0.15) is 0 Å². The average molecular weight is 1660 g/mol. The maximum Gasteiger partial charge on any atom is 0.268 e. The third kappa shape index (κ3) is 33.4. The summed E-state index contributed by atoms with van der Waals surface area (Å²) < 4.78 is 0. The molecule has 0 bridgehead atoms. The Morgan fingerprint density at radius 3 is 1.08 bits per heavy atom. The number of nitrogens with one attached hydrogen (secondary N) is 14. The van der Waals surface area contributed by atoms with Gasteiger partial charge in [-0.05, 0) is 201 Å². The lowest BCUT2D eigenvalue weighted by Gasteiger charge is -2.35. The predicted octanol–water partition coefficient (Wildman–Crippen LogP) is 3.90. The van der Waals surface area contributed by atoms with Gasteiger partial charge in [-0.15, -0.1) is 0 Å². The van der Waals surface area contributed by atoms with E-state index in [9.17, 15) is 87.2 Å². The molecular formula is C84H147N15O18. The minimum Gasteiger partial charge on any atom is -0.388 e. The predicted molar refractivity (Wildman–Crippen MR) is 449 cm³/mol. The van der Waals surface area contributed by atoms with Crippen molar-refractivity contribution in [2.45, 2.75) is 330 Å². The molecule has 0 saturated carbocycles. The number of Topliss-reactive ketones (excluding diaryl/α,β-unsaturated/α-hetero) is 1. The van der Waals surface area contributed by atoms with Gasteiger partial charge < -0.3 is 94.7 Å². The second-order valence-corrected chi connectivity index (χ2v) is 35.2. The molecule has 0 fully saturated rings. The van der Waals surface area contributed by atoms with E-state index >= 15 is 0 Å². The summed E-state index contributed by atoms with van der Waals surface area (Å²) in [4.78, 5) is 214. The van der Waals surface area contributed by atoms with Crippen LogP contribution in [0.15, 0.2) is 45.1 Å². The zero-order valence-electron chi connectivity index (χ0n) is 76.2. The highest BCUT2D eigenvalue weighted by molar-refractivity contribution is 6.09. The summed E-state index contributed by atoms with van der Waals surface area (Å²) in [6.07, 6.45) is 1.24. The van der Waals surface area contributed by atoms with Crippen LogP contribution in [0.3, 0.4) is 0 Å². The molecule has 33 nitrogen and oxygen atoms in total. The minimum atomic E-state index is -2.15. The molecule has 0 aromatic carbocycles. The highest BCUT2D eigenvalue weighted by Crippen LogP contribution is 2.28. The first-order valence-electron chi connectivity index (χ1n) is 40.9. The Kier molecular flexibility index (Phi) is 44.0. The molecule has 14 amide bonds. The molecule has 117 heavy (non-hydrogen) atoms. The number of likely N-dealkylation sites (N-methyl/N-ethyl adjacent to an activating group) is 1. The molecule has 0 aliphatic carbocycles. The molecule has 13 atom stereocenters. The van der Waals surface area contributed by atoms with E-state index in [4.69, 9.17) is 0 Å². The fourth-order valence-electron chi connectivity index (χ4n) is 12.0. The summed E-state index contributed by atoms with van der Waals surface area (Å²) >= 11 is 0. The molecular weight excluding hydrogens is 1510 g/mol. The number of rotatable bonds is 47. The van der Waals surface area contributed by atoms with Gasteiger partial charge in [0.15, 0.2) is 5.78 Å². The first kappa shape index (κ1) is 108. The van der Waals surface area contributed by atoms with E-state index in [0.29, 0.717) is 29.7 Å². The van der Waals surface area contributed by atoms with Crippen molar-refractivity contribution in [2.24, 2.45) is 46.8 Å². The number of ketones is 1. The molecule has 0 aliphatic rings. The lowest BCUT2D eigenvalue weighted by atomic mass is 9.78. The van der Waals surface area contributed by atoms with E-state index in [-0.39, 0.29) is 78.4 Å². The highest BCUT2D eigenvalue weighted by Gasteiger charge is 2.47. The van der Waals surface area contributed by atoms with Crippen molar-refractivity contribution in [2.75, 3.05) is 20.6 Å². The van der Waals surface area contributed by atoms with Gasteiger partial charge in [0, 0.05) is 18.5 Å². The van der Waals surface area contributed by atoms with Crippen LogP contribution in [0.25, 0.3) is 0 Å². The van der Waals surface area contributed by atoms with Crippen molar-refractivity contribution in [3.63, 3.8) is 0 Å². The van der Waals surface area contributed by atoms with Crippen molar-refractivity contribution in [1.29, 1.82) is 0 Å². The molecule has 0 spiro atoms. The molecule has 0 unspecified atom stereocenters. The van der Waals surface area contributed by atoms with Gasteiger partial charge in [0.1, 0.15) is 82.6 Å². The van der Waals surface area contributed by atoms with Crippen LogP contribution in [-0.4, -0.2) is 207 Å². The number of aliphatic hydroxyl groups is 3. The van der Waals surface area contributed by atoms with Gasteiger partial charge in [-0.1, -0.05) is 124 Å². The van der Waals surface area contributed by atoms with Gasteiger partial charge in [0.25, 0.3) is 23.6 Å². The van der Waals surface area contributed by atoms with Gasteiger partial charge in [-0.25, -0.2) is 0 Å². The van der Waals surface area contributed by atoms with Gasteiger partial charge in [0.05, 0.1) is 16.8 Å². The Hall–Kier alpha value is -8.95. The normalized spacial score (nSPS) is 16.3. The number of hydrogen-bond donors (Lipinski definition) is 17. The van der Waals surface area contributed by atoms with Crippen molar-refractivity contribution < 1.29 is 87.2 Å². The lowest BCUT2D eigenvalue weighted by molar-refractivity contribution is -0.147. The van der Waals surface area contributed by atoms with E-state index in [0.717, 1.165) is 0 Å². The highest BCUT2D eigenvalue weighted by atomic mass is 16.3. The summed E-state index contributed by atoms with van der Waals surface area (Å²) in [5.41, 5.74) is -7.37. The van der Waals surface area contributed by atoms with Crippen LogP contribution in [0.5, 0.6) is 0 Å². The number of amides is 14. The van der Waals surface area contributed by atoms with Crippen LogP contribution < -0.4 is 74.4 Å². The fourth-order valence-corrected chi connectivity index (χ4v) is 12.0. The number of carbonyl (C=O) groups excluding carboxylic acids is 15. The number of hydrogen-bond acceptors (Lipinski definition) is 19.